The number of hydrogen-bond donors (Lipinski definition) is 2. The Balaban J connectivity index is 2.11. The summed E-state index contributed by atoms with van der Waals surface area (Å²) in [7, 11) is -3.13. The van der Waals surface area contributed by atoms with Crippen LogP contribution in [0.4, 0.5) is 23.2 Å². The average molecular weight is 537 g/mol. The van der Waals surface area contributed by atoms with E-state index in [1.165, 1.54) is 30.5 Å². The van der Waals surface area contributed by atoms with E-state index in [2.05, 4.69) is 15.5 Å². The second kappa shape index (κ2) is 9.35. The summed E-state index contributed by atoms with van der Waals surface area (Å²) in [5, 5.41) is 8.22. The number of nitrogens with zero attached hydrogens (tertiary/aromatic N) is 2. The van der Waals surface area contributed by atoms with Gasteiger partial charge in [0.15, 0.2) is 11.4 Å². The Labute approximate surface area is 201 Å². The lowest BCUT2D eigenvalue weighted by atomic mass is 10.1. The van der Waals surface area contributed by atoms with Crippen molar-refractivity contribution in [3.8, 4) is 11.6 Å². The fourth-order valence-corrected chi connectivity index (χ4v) is 4.07. The fraction of sp³-hybridized carbons (Fsp3) is 0.150. The van der Waals surface area contributed by atoms with Gasteiger partial charge >= 0.3 is 6.18 Å². The van der Waals surface area contributed by atoms with Gasteiger partial charge < -0.3 is 10.1 Å². The zero-order chi connectivity index (χ0) is 25.4. The van der Waals surface area contributed by atoms with Crippen LogP contribution in [0, 0.1) is 17.5 Å². The molecule has 0 bridgehead atoms. The van der Waals surface area contributed by atoms with Crippen molar-refractivity contribution in [3.05, 3.63) is 69.1 Å². The molecule has 0 aliphatic rings. The number of hydrogen-bond acceptors (Lipinski definition) is 6. The maximum absolute atomic E-state index is 13.5. The van der Waals surface area contributed by atoms with Crippen LogP contribution in [0.5, 0.6) is 11.6 Å². The number of rotatable bonds is 5. The minimum Gasteiger partial charge on any atom is -0.434 e. The number of anilines is 1. The number of benzene rings is 2. The number of alkyl halides is 3. The number of aromatic nitrogens is 2. The van der Waals surface area contributed by atoms with E-state index >= 15 is 0 Å². The topological polar surface area (TPSA) is 105 Å². The fourth-order valence-electron chi connectivity index (χ4n) is 2.84. The number of amides is 1. The van der Waals surface area contributed by atoms with E-state index in [0.717, 1.165) is 19.1 Å². The van der Waals surface area contributed by atoms with Gasteiger partial charge in [0, 0.05) is 16.8 Å². The zero-order valence-electron chi connectivity index (χ0n) is 17.3. The van der Waals surface area contributed by atoms with Crippen LogP contribution in [0.25, 0.3) is 0 Å². The molecule has 7 nitrogen and oxygen atoms in total. The van der Waals surface area contributed by atoms with Crippen molar-refractivity contribution in [2.75, 3.05) is 11.6 Å². The van der Waals surface area contributed by atoms with Crippen molar-refractivity contribution in [3.63, 3.8) is 0 Å². The summed E-state index contributed by atoms with van der Waals surface area (Å²) in [6, 6.07) is 7.14. The van der Waals surface area contributed by atoms with E-state index in [-0.39, 0.29) is 26.4 Å². The van der Waals surface area contributed by atoms with Crippen molar-refractivity contribution in [2.24, 2.45) is 0 Å². The molecule has 1 heterocycles. The lowest BCUT2D eigenvalue weighted by Crippen LogP contribution is -2.21. The summed E-state index contributed by atoms with van der Waals surface area (Å²) in [4.78, 5) is 13.1. The first-order valence-corrected chi connectivity index (χ1v) is 11.8. The van der Waals surface area contributed by atoms with E-state index in [1.807, 2.05) is 0 Å². The minimum atomic E-state index is -4.94. The molecule has 1 amide bonds. The summed E-state index contributed by atoms with van der Waals surface area (Å²) >= 11 is 11.9. The summed E-state index contributed by atoms with van der Waals surface area (Å²) in [5.41, 5.74) is -2.64. The van der Waals surface area contributed by atoms with Crippen LogP contribution in [0.15, 0.2) is 41.3 Å². The highest BCUT2D eigenvalue weighted by Crippen LogP contribution is 2.39. The maximum atomic E-state index is 13.5. The molecule has 3 aromatic rings. The molecule has 1 unspecified atom stereocenters. The lowest BCUT2D eigenvalue weighted by Gasteiger charge is -2.17. The molecule has 1 aromatic heterocycles. The number of ether oxygens (including phenoxy) is 1. The Bertz CT molecular complexity index is 1380. The molecule has 180 valence electrons. The van der Waals surface area contributed by atoms with E-state index in [1.54, 1.807) is 0 Å². The molecule has 0 radical (unpaired) electrons. The van der Waals surface area contributed by atoms with E-state index < -0.39 is 50.3 Å². The highest BCUT2D eigenvalue weighted by atomic mass is 35.5. The summed E-state index contributed by atoms with van der Waals surface area (Å²) in [6.07, 6.45) is -3.77. The van der Waals surface area contributed by atoms with Crippen LogP contribution in [0.2, 0.25) is 10.0 Å². The average Bonchev–Trinajstić information content (AvgIpc) is 2.69. The second-order valence-corrected chi connectivity index (χ2v) is 9.95. The van der Waals surface area contributed by atoms with Crippen LogP contribution in [-0.4, -0.2) is 26.6 Å². The number of nitrogens with one attached hydrogen (secondary N) is 2. The van der Waals surface area contributed by atoms with Gasteiger partial charge in [-0.15, -0.1) is 10.2 Å². The number of carbonyl (C=O) groups is 1. The van der Waals surface area contributed by atoms with Gasteiger partial charge in [0.1, 0.15) is 11.4 Å². The molecule has 34 heavy (non-hydrogen) atoms. The molecule has 0 saturated carbocycles. The quantitative estimate of drug-likeness (QED) is 0.370. The SMILES string of the molecule is Cc1c(C(F)(F)F)nnc(Oc2c(Cl)cc(F)cc2Cl)c1C(=O)Nc1cccc(S(C)(=N)=O)c1. The predicted octanol–water partition coefficient (Wildman–Crippen LogP) is 6.33. The molecule has 0 spiro atoms. The standard InChI is InChI=1S/C20H14Cl2F4N4O3S/c1-9-15(18(31)28-11-4-3-5-12(8-11)34(2,27)32)19(30-29-17(9)20(24,25)26)33-16-13(21)6-10(23)7-14(16)22/h3-8,27H,1-2H3,(H,28,31). The molecular formula is C20H14Cl2F4N4O3S. The molecule has 0 fully saturated rings. The Hall–Kier alpha value is -2.96. The number of halogens is 6. The highest BCUT2D eigenvalue weighted by molar-refractivity contribution is 7.91. The van der Waals surface area contributed by atoms with E-state index in [0.29, 0.717) is 0 Å². The van der Waals surface area contributed by atoms with Gasteiger partial charge in [0.05, 0.1) is 19.8 Å². The molecule has 3 rings (SSSR count). The second-order valence-electron chi connectivity index (χ2n) is 6.98. The zero-order valence-corrected chi connectivity index (χ0v) is 19.6. The highest BCUT2D eigenvalue weighted by Gasteiger charge is 2.38. The smallest absolute Gasteiger partial charge is 0.434 e. The monoisotopic (exact) mass is 536 g/mol. The van der Waals surface area contributed by atoms with Gasteiger partial charge in [-0.25, -0.2) is 13.4 Å². The molecule has 0 saturated heterocycles. The first kappa shape index (κ1) is 25.7. The normalized spacial score (nSPS) is 13.3. The Morgan fingerprint density at radius 3 is 2.32 bits per heavy atom. The first-order chi connectivity index (χ1) is 15.7. The lowest BCUT2D eigenvalue weighted by molar-refractivity contribution is -0.142. The molecule has 0 aliphatic heterocycles. The number of carbonyl (C=O) groups excluding carboxylic acids is 1. The van der Waals surface area contributed by atoms with Crippen LogP contribution in [0.1, 0.15) is 21.6 Å². The van der Waals surface area contributed by atoms with Crippen molar-refractivity contribution in [2.45, 2.75) is 18.0 Å². The van der Waals surface area contributed by atoms with Gasteiger partial charge in [0.2, 0.25) is 0 Å². The van der Waals surface area contributed by atoms with E-state index in [9.17, 15) is 26.6 Å². The molecule has 1 atom stereocenters. The molecule has 0 aliphatic carbocycles. The Morgan fingerprint density at radius 2 is 1.76 bits per heavy atom. The first-order valence-electron chi connectivity index (χ1n) is 9.10. The molecule has 14 heteroatoms. The van der Waals surface area contributed by atoms with Crippen LogP contribution in [-0.2, 0) is 15.9 Å². The summed E-state index contributed by atoms with van der Waals surface area (Å²) in [5.74, 6) is -2.90. The third-order valence-electron chi connectivity index (χ3n) is 4.38. The van der Waals surface area contributed by atoms with Crippen molar-refractivity contribution in [1.82, 2.24) is 10.2 Å². The molecule has 2 N–H and O–H groups in total. The van der Waals surface area contributed by atoms with Crippen molar-refractivity contribution in [1.29, 1.82) is 4.78 Å². The maximum Gasteiger partial charge on any atom is 0.435 e. The van der Waals surface area contributed by atoms with Gasteiger partial charge in [-0.05, 0) is 42.8 Å². The third kappa shape index (κ3) is 5.57. The van der Waals surface area contributed by atoms with Crippen molar-refractivity contribution >= 4 is 44.5 Å². The van der Waals surface area contributed by atoms with Gasteiger partial charge in [-0.3, -0.25) is 4.79 Å². The van der Waals surface area contributed by atoms with E-state index in [4.69, 9.17) is 32.7 Å². The van der Waals surface area contributed by atoms with Gasteiger partial charge in [-0.2, -0.15) is 13.2 Å². The minimum absolute atomic E-state index is 0.0536. The summed E-state index contributed by atoms with van der Waals surface area (Å²) < 4.78 is 78.8. The Morgan fingerprint density at radius 1 is 1.15 bits per heavy atom. The third-order valence-corrected chi connectivity index (χ3v) is 6.10. The summed E-state index contributed by atoms with van der Waals surface area (Å²) in [6.45, 7) is 0.992. The van der Waals surface area contributed by atoms with Crippen LogP contribution in [0.3, 0.4) is 0 Å². The molecule has 2 aromatic carbocycles. The largest absolute Gasteiger partial charge is 0.435 e. The predicted molar refractivity (Wildman–Crippen MR) is 118 cm³/mol. The van der Waals surface area contributed by atoms with Crippen LogP contribution >= 0.6 is 23.2 Å². The Kier molecular flexibility index (Phi) is 7.06. The van der Waals surface area contributed by atoms with Gasteiger partial charge in [0.25, 0.3) is 11.8 Å². The van der Waals surface area contributed by atoms with Gasteiger partial charge in [-0.1, -0.05) is 29.3 Å². The molecular weight excluding hydrogens is 523 g/mol. The van der Waals surface area contributed by atoms with Crippen molar-refractivity contribution < 1.29 is 31.3 Å². The van der Waals surface area contributed by atoms with Crippen LogP contribution < -0.4 is 10.1 Å².